The SMILES string of the molecule is COCCOCCOCCOCCOCCOCCOCCCCCCNC(=O)Nc1ccc(-c2ccc(CN3CC[C@H]4[C@@H](C)C(=O)O[C@@H]5OC6(C)CC[C@@H]3[C@]54OO6)cc2)cc1. The molecule has 7 rings (SSSR count). The maximum absolute atomic E-state index is 12.7. The summed E-state index contributed by atoms with van der Waals surface area (Å²) in [6.45, 7) is 13.2. The lowest BCUT2D eigenvalue weighted by molar-refractivity contribution is -0.557. The number of likely N-dealkylation sites (tertiary alicyclic amines) is 1. The maximum atomic E-state index is 12.7. The molecule has 16 nitrogen and oxygen atoms in total. The number of unbranched alkanes of at least 4 members (excludes halogenated alkanes) is 3. The molecule has 2 aromatic carbocycles. The van der Waals surface area contributed by atoms with Crippen LogP contribution in [0.4, 0.5) is 10.5 Å². The molecule has 2 amide bonds. The van der Waals surface area contributed by atoms with Crippen LogP contribution in [0.2, 0.25) is 0 Å². The van der Waals surface area contributed by atoms with Crippen molar-refractivity contribution >= 4 is 17.7 Å². The lowest BCUT2D eigenvalue weighted by Gasteiger charge is -2.58. The molecule has 0 saturated carbocycles. The number of benzene rings is 2. The number of hydrogen-bond acceptors (Lipinski definition) is 14. The Morgan fingerprint density at radius 2 is 1.29 bits per heavy atom. The first-order valence-corrected chi connectivity index (χ1v) is 22.5. The standard InChI is InChI=1S/C46H69N3O13/c1-35-40-17-20-49(41-16-18-45(2)60-43(59-42(35)50)46(40,41)62-61-45)34-36-8-10-37(11-9-36)38-12-14-39(15-13-38)48-44(51)47-19-6-4-5-7-21-53-24-25-55-28-29-57-32-33-58-31-30-56-27-26-54-23-22-52-3/h8-15,35,40-41,43H,4-7,16-34H2,1-3H3,(H2,47,48,51)/t35-,40+,41-,43-,45?,46+/m1/s1. The van der Waals surface area contributed by atoms with E-state index in [4.69, 9.17) is 52.4 Å². The largest absolute Gasteiger partial charge is 0.432 e. The Morgan fingerprint density at radius 1 is 0.726 bits per heavy atom. The summed E-state index contributed by atoms with van der Waals surface area (Å²) in [4.78, 5) is 39.8. The first-order valence-electron chi connectivity index (χ1n) is 22.5. The second-order valence-corrected chi connectivity index (χ2v) is 16.5. The number of nitrogens with zero attached hydrogens (tertiary/aromatic N) is 1. The van der Waals surface area contributed by atoms with E-state index in [0.717, 1.165) is 68.4 Å². The smallest absolute Gasteiger partial charge is 0.319 e. The van der Waals surface area contributed by atoms with Gasteiger partial charge in [-0.25, -0.2) is 14.6 Å². The van der Waals surface area contributed by atoms with Gasteiger partial charge in [0.25, 0.3) is 0 Å². The van der Waals surface area contributed by atoms with Gasteiger partial charge in [0.2, 0.25) is 12.1 Å². The molecule has 0 radical (unpaired) electrons. The van der Waals surface area contributed by atoms with Crippen molar-refractivity contribution in [2.24, 2.45) is 11.8 Å². The minimum Gasteiger partial charge on any atom is -0.432 e. The number of amides is 2. The molecule has 1 unspecified atom stereocenters. The topological polar surface area (TPSA) is 163 Å². The molecule has 2 aromatic rings. The number of fused-ring (bicyclic) bond motifs is 2. The van der Waals surface area contributed by atoms with Crippen LogP contribution in [-0.4, -0.2) is 147 Å². The number of anilines is 1. The molecule has 16 heteroatoms. The van der Waals surface area contributed by atoms with E-state index in [-0.39, 0.29) is 29.9 Å². The maximum Gasteiger partial charge on any atom is 0.319 e. The number of hydrogen-bond donors (Lipinski definition) is 2. The summed E-state index contributed by atoms with van der Waals surface area (Å²) in [6, 6.07) is 16.3. The summed E-state index contributed by atoms with van der Waals surface area (Å²) in [5, 5.41) is 5.89. The predicted octanol–water partition coefficient (Wildman–Crippen LogP) is 5.72. The molecule has 5 fully saturated rings. The lowest BCUT2D eigenvalue weighted by atomic mass is 9.67. The zero-order valence-corrected chi connectivity index (χ0v) is 36.9. The molecule has 5 aliphatic heterocycles. The van der Waals surface area contributed by atoms with Crippen LogP contribution in [0, 0.1) is 11.8 Å². The van der Waals surface area contributed by atoms with Gasteiger partial charge in [-0.3, -0.25) is 9.69 Å². The molecule has 2 N–H and O–H groups in total. The number of esters is 1. The van der Waals surface area contributed by atoms with E-state index < -0.39 is 17.7 Å². The molecule has 6 atom stereocenters. The van der Waals surface area contributed by atoms with Gasteiger partial charge < -0.3 is 53.3 Å². The normalized spacial score (nSPS) is 25.6. The first kappa shape index (κ1) is 48.2. The molecular weight excluding hydrogens is 803 g/mol. The summed E-state index contributed by atoms with van der Waals surface area (Å²) >= 11 is 0. The zero-order valence-electron chi connectivity index (χ0n) is 36.9. The lowest BCUT2D eigenvalue weighted by Crippen LogP contribution is -2.74. The van der Waals surface area contributed by atoms with Crippen LogP contribution in [0.15, 0.2) is 48.5 Å². The number of rotatable bonds is 29. The van der Waals surface area contributed by atoms with E-state index in [1.165, 1.54) is 5.56 Å². The molecule has 1 spiro atoms. The number of urea groups is 1. The molecule has 5 aliphatic rings. The number of nitrogens with one attached hydrogen (secondary N) is 2. The van der Waals surface area contributed by atoms with E-state index in [9.17, 15) is 9.59 Å². The Bertz CT molecular complexity index is 1620. The van der Waals surface area contributed by atoms with E-state index in [0.29, 0.717) is 98.9 Å². The zero-order chi connectivity index (χ0) is 43.5. The van der Waals surface area contributed by atoms with Crippen molar-refractivity contribution in [1.82, 2.24) is 10.2 Å². The van der Waals surface area contributed by atoms with Gasteiger partial charge in [-0.05, 0) is 68.0 Å². The van der Waals surface area contributed by atoms with Crippen LogP contribution in [0.3, 0.4) is 0 Å². The van der Waals surface area contributed by atoms with Crippen molar-refractivity contribution in [2.45, 2.75) is 89.1 Å². The van der Waals surface area contributed by atoms with Crippen molar-refractivity contribution in [1.29, 1.82) is 0 Å². The summed E-state index contributed by atoms with van der Waals surface area (Å²) in [6.07, 6.45) is 5.40. The third kappa shape index (κ3) is 13.9. The van der Waals surface area contributed by atoms with E-state index in [1.54, 1.807) is 7.11 Å². The van der Waals surface area contributed by atoms with Gasteiger partial charge in [0.1, 0.15) is 0 Å². The molecule has 0 aliphatic carbocycles. The quantitative estimate of drug-likeness (QED) is 0.0580. The third-order valence-corrected chi connectivity index (χ3v) is 12.0. The molecule has 346 valence electrons. The predicted molar refractivity (Wildman–Crippen MR) is 229 cm³/mol. The average Bonchev–Trinajstić information content (AvgIpc) is 3.51. The fourth-order valence-corrected chi connectivity index (χ4v) is 8.62. The third-order valence-electron chi connectivity index (χ3n) is 12.0. The van der Waals surface area contributed by atoms with Crippen molar-refractivity contribution in [3.63, 3.8) is 0 Å². The van der Waals surface area contributed by atoms with Gasteiger partial charge in [0, 0.05) is 50.9 Å². The van der Waals surface area contributed by atoms with Gasteiger partial charge in [0.15, 0.2) is 5.60 Å². The highest BCUT2D eigenvalue weighted by Gasteiger charge is 2.70. The van der Waals surface area contributed by atoms with Crippen LogP contribution in [-0.2, 0) is 63.7 Å². The van der Waals surface area contributed by atoms with Gasteiger partial charge in [-0.1, -0.05) is 56.2 Å². The van der Waals surface area contributed by atoms with Gasteiger partial charge in [-0.15, -0.1) is 0 Å². The van der Waals surface area contributed by atoms with Crippen molar-refractivity contribution < 1.29 is 62.0 Å². The second kappa shape index (κ2) is 25.3. The molecule has 5 saturated heterocycles. The molecular formula is C46H69N3O13. The van der Waals surface area contributed by atoms with Crippen molar-refractivity contribution in [2.75, 3.05) is 111 Å². The highest BCUT2D eigenvalue weighted by molar-refractivity contribution is 5.89. The number of piperidine rings is 1. The minimum absolute atomic E-state index is 0.0121. The monoisotopic (exact) mass is 871 g/mol. The summed E-state index contributed by atoms with van der Waals surface area (Å²) in [7, 11) is 1.65. The summed E-state index contributed by atoms with van der Waals surface area (Å²) in [5.41, 5.74) is 3.23. The highest BCUT2D eigenvalue weighted by atomic mass is 17.3. The van der Waals surface area contributed by atoms with Gasteiger partial charge >= 0.3 is 12.0 Å². The Hall–Kier alpha value is -3.26. The molecule has 62 heavy (non-hydrogen) atoms. The van der Waals surface area contributed by atoms with E-state index in [2.05, 4.69) is 39.8 Å². The summed E-state index contributed by atoms with van der Waals surface area (Å²) < 4.78 is 50.0. The number of carbonyl (C=O) groups excluding carboxylic acids is 2. The van der Waals surface area contributed by atoms with E-state index in [1.807, 2.05) is 38.1 Å². The van der Waals surface area contributed by atoms with Crippen LogP contribution in [0.5, 0.6) is 0 Å². The second-order valence-electron chi connectivity index (χ2n) is 16.5. The molecule has 5 heterocycles. The highest BCUT2D eigenvalue weighted by Crippen LogP contribution is 2.55. The van der Waals surface area contributed by atoms with Gasteiger partial charge in [0.05, 0.1) is 85.2 Å². The fourth-order valence-electron chi connectivity index (χ4n) is 8.62. The van der Waals surface area contributed by atoms with Crippen molar-refractivity contribution in [3.8, 4) is 11.1 Å². The van der Waals surface area contributed by atoms with Crippen molar-refractivity contribution in [3.05, 3.63) is 54.1 Å². The average molecular weight is 872 g/mol. The summed E-state index contributed by atoms with van der Waals surface area (Å²) in [5.74, 6) is -1.50. The molecule has 0 aromatic heterocycles. The molecule has 2 bridgehead atoms. The fraction of sp³-hybridized carbons (Fsp3) is 0.696. The first-order chi connectivity index (χ1) is 30.3. The van der Waals surface area contributed by atoms with Crippen LogP contribution >= 0.6 is 0 Å². The number of carbonyl (C=O) groups is 2. The van der Waals surface area contributed by atoms with E-state index >= 15 is 0 Å². The Morgan fingerprint density at radius 3 is 1.90 bits per heavy atom. The van der Waals surface area contributed by atoms with Crippen LogP contribution in [0.1, 0.15) is 64.4 Å². The Balaban J connectivity index is 0.762. The number of methoxy groups -OCH3 is 1. The van der Waals surface area contributed by atoms with Crippen LogP contribution < -0.4 is 10.6 Å². The Kier molecular flexibility index (Phi) is 19.7. The van der Waals surface area contributed by atoms with Crippen LogP contribution in [0.25, 0.3) is 11.1 Å². The Labute approximate surface area is 366 Å². The minimum atomic E-state index is -0.940. The number of ether oxygens (including phenoxy) is 9. The van der Waals surface area contributed by atoms with Gasteiger partial charge in [-0.2, -0.15) is 0 Å².